The molecule has 2 aromatic rings. The molecule has 0 saturated carbocycles. The van der Waals surface area contributed by atoms with Gasteiger partial charge in [-0.05, 0) is 52.3 Å². The maximum Gasteiger partial charge on any atom is 0.419 e. The van der Waals surface area contributed by atoms with Gasteiger partial charge in [-0.15, -0.1) is 0 Å². The van der Waals surface area contributed by atoms with Crippen LogP contribution in [0.25, 0.3) is 0 Å². The van der Waals surface area contributed by atoms with Gasteiger partial charge < -0.3 is 4.74 Å². The predicted octanol–water partition coefficient (Wildman–Crippen LogP) is 6.16. The molecule has 0 saturated heterocycles. The minimum atomic E-state index is -4.54. The van der Waals surface area contributed by atoms with Gasteiger partial charge in [0.05, 0.1) is 10.0 Å². The highest BCUT2D eigenvalue weighted by Crippen LogP contribution is 2.40. The molecular formula is C13H6Br2F4O. The quantitative estimate of drug-likeness (QED) is 0.535. The normalized spacial score (nSPS) is 11.5. The molecule has 0 N–H and O–H groups in total. The van der Waals surface area contributed by atoms with Crippen molar-refractivity contribution in [2.24, 2.45) is 0 Å². The van der Waals surface area contributed by atoms with Gasteiger partial charge in [0.25, 0.3) is 0 Å². The molecule has 0 amide bonds. The van der Waals surface area contributed by atoms with Crippen molar-refractivity contribution in [3.8, 4) is 11.5 Å². The van der Waals surface area contributed by atoms with Crippen LogP contribution in [0, 0.1) is 5.82 Å². The molecule has 0 fully saturated rings. The van der Waals surface area contributed by atoms with Crippen LogP contribution in [-0.4, -0.2) is 0 Å². The topological polar surface area (TPSA) is 9.23 Å². The fourth-order valence-corrected chi connectivity index (χ4v) is 2.26. The number of alkyl halides is 3. The van der Waals surface area contributed by atoms with E-state index in [1.165, 1.54) is 18.2 Å². The van der Waals surface area contributed by atoms with Crippen molar-refractivity contribution in [2.45, 2.75) is 6.18 Å². The summed E-state index contributed by atoms with van der Waals surface area (Å²) in [5, 5.41) is 0. The molecular weight excluding hydrogens is 408 g/mol. The predicted molar refractivity (Wildman–Crippen MR) is 73.3 cm³/mol. The van der Waals surface area contributed by atoms with Crippen molar-refractivity contribution in [1.82, 2.24) is 0 Å². The Morgan fingerprint density at radius 2 is 1.60 bits per heavy atom. The third-order valence-corrected chi connectivity index (χ3v) is 3.48. The number of benzene rings is 2. The van der Waals surface area contributed by atoms with Gasteiger partial charge in [-0.25, -0.2) is 4.39 Å². The first-order valence-corrected chi connectivity index (χ1v) is 6.85. The number of rotatable bonds is 2. The first-order chi connectivity index (χ1) is 9.27. The monoisotopic (exact) mass is 412 g/mol. The van der Waals surface area contributed by atoms with Crippen LogP contribution >= 0.6 is 31.9 Å². The lowest BCUT2D eigenvalue weighted by molar-refractivity contribution is -0.138. The Labute approximate surface area is 128 Å². The Balaban J connectivity index is 2.45. The summed E-state index contributed by atoms with van der Waals surface area (Å²) in [5.41, 5.74) is -0.906. The van der Waals surface area contributed by atoms with E-state index in [0.29, 0.717) is 4.47 Å². The van der Waals surface area contributed by atoms with Gasteiger partial charge in [0.15, 0.2) is 0 Å². The summed E-state index contributed by atoms with van der Waals surface area (Å²) < 4.78 is 57.5. The summed E-state index contributed by atoms with van der Waals surface area (Å²) in [7, 11) is 0. The molecule has 0 aromatic heterocycles. The van der Waals surface area contributed by atoms with Crippen molar-refractivity contribution < 1.29 is 22.3 Å². The van der Waals surface area contributed by atoms with Crippen molar-refractivity contribution in [3.63, 3.8) is 0 Å². The molecule has 2 aromatic carbocycles. The summed E-state index contributed by atoms with van der Waals surface area (Å²) in [6, 6.07) is 6.86. The maximum absolute atomic E-state index is 12.9. The van der Waals surface area contributed by atoms with Gasteiger partial charge in [0, 0.05) is 4.47 Å². The van der Waals surface area contributed by atoms with Crippen LogP contribution in [0.2, 0.25) is 0 Å². The number of hydrogen-bond donors (Lipinski definition) is 0. The second-order valence-electron chi connectivity index (χ2n) is 3.82. The van der Waals surface area contributed by atoms with E-state index in [4.69, 9.17) is 4.74 Å². The molecule has 7 heteroatoms. The van der Waals surface area contributed by atoms with E-state index >= 15 is 0 Å². The van der Waals surface area contributed by atoms with Crippen LogP contribution < -0.4 is 4.74 Å². The number of ether oxygens (including phenoxy) is 1. The van der Waals surface area contributed by atoms with Gasteiger partial charge in [0.1, 0.15) is 17.3 Å². The minimum Gasteiger partial charge on any atom is -0.456 e. The Bertz CT molecular complexity index is 641. The molecule has 0 aliphatic heterocycles. The van der Waals surface area contributed by atoms with Gasteiger partial charge in [-0.3, -0.25) is 0 Å². The van der Waals surface area contributed by atoms with E-state index in [0.717, 1.165) is 18.2 Å². The van der Waals surface area contributed by atoms with Crippen LogP contribution in [0.5, 0.6) is 11.5 Å². The summed E-state index contributed by atoms with van der Waals surface area (Å²) in [4.78, 5) is 0. The second-order valence-corrected chi connectivity index (χ2v) is 5.59. The van der Waals surface area contributed by atoms with E-state index in [1.807, 2.05) is 0 Å². The summed E-state index contributed by atoms with van der Waals surface area (Å²) >= 11 is 6.13. The molecule has 20 heavy (non-hydrogen) atoms. The van der Waals surface area contributed by atoms with Gasteiger partial charge in [0.2, 0.25) is 0 Å². The van der Waals surface area contributed by atoms with E-state index < -0.39 is 17.6 Å². The van der Waals surface area contributed by atoms with Crippen LogP contribution in [0.1, 0.15) is 5.56 Å². The largest absolute Gasteiger partial charge is 0.456 e. The molecule has 0 bridgehead atoms. The van der Waals surface area contributed by atoms with Crippen LogP contribution in [-0.2, 0) is 6.18 Å². The van der Waals surface area contributed by atoms with Gasteiger partial charge >= 0.3 is 6.18 Å². The van der Waals surface area contributed by atoms with E-state index in [9.17, 15) is 17.6 Å². The van der Waals surface area contributed by atoms with Crippen LogP contribution in [0.4, 0.5) is 17.6 Å². The van der Waals surface area contributed by atoms with Gasteiger partial charge in [-0.2, -0.15) is 13.2 Å². The molecule has 0 atom stereocenters. The standard InChI is InChI=1S/C13H6Br2F4O/c14-7-1-3-9(13(17,18)19)12(5-7)20-11-4-2-8(16)6-10(11)15/h1-6H. The SMILES string of the molecule is Fc1ccc(Oc2cc(Br)ccc2C(F)(F)F)c(Br)c1. The van der Waals surface area contributed by atoms with E-state index in [1.54, 1.807) is 0 Å². The van der Waals surface area contributed by atoms with E-state index in [2.05, 4.69) is 31.9 Å². The smallest absolute Gasteiger partial charge is 0.419 e. The average Bonchev–Trinajstić information content (AvgIpc) is 2.31. The first-order valence-electron chi connectivity index (χ1n) is 5.27. The van der Waals surface area contributed by atoms with Crippen molar-refractivity contribution >= 4 is 31.9 Å². The summed E-state index contributed by atoms with van der Waals surface area (Å²) in [6.45, 7) is 0. The van der Waals surface area contributed by atoms with Crippen LogP contribution in [0.3, 0.4) is 0 Å². The highest BCUT2D eigenvalue weighted by molar-refractivity contribution is 9.10. The summed E-state index contributed by atoms with van der Waals surface area (Å²) in [6.07, 6.45) is -4.54. The van der Waals surface area contributed by atoms with Crippen LogP contribution in [0.15, 0.2) is 45.3 Å². The Morgan fingerprint density at radius 3 is 2.20 bits per heavy atom. The molecule has 0 heterocycles. The summed E-state index contributed by atoms with van der Waals surface area (Å²) in [5.74, 6) is -0.788. The third-order valence-electron chi connectivity index (χ3n) is 2.36. The highest BCUT2D eigenvalue weighted by atomic mass is 79.9. The Kier molecular flexibility index (Phi) is 4.39. The lowest BCUT2D eigenvalue weighted by Gasteiger charge is -2.14. The average molecular weight is 414 g/mol. The van der Waals surface area contributed by atoms with Crippen molar-refractivity contribution in [1.29, 1.82) is 0 Å². The third kappa shape index (κ3) is 3.52. The molecule has 0 radical (unpaired) electrons. The molecule has 0 aliphatic carbocycles. The fraction of sp³-hybridized carbons (Fsp3) is 0.0769. The Morgan fingerprint density at radius 1 is 0.900 bits per heavy atom. The zero-order valence-corrected chi connectivity index (χ0v) is 12.8. The van der Waals surface area contributed by atoms with E-state index in [-0.39, 0.29) is 16.0 Å². The van der Waals surface area contributed by atoms with Gasteiger partial charge in [-0.1, -0.05) is 15.9 Å². The maximum atomic E-state index is 12.9. The molecule has 0 spiro atoms. The first kappa shape index (κ1) is 15.3. The molecule has 0 aliphatic rings. The lowest BCUT2D eigenvalue weighted by Crippen LogP contribution is -2.07. The molecule has 2 rings (SSSR count). The van der Waals surface area contributed by atoms with Crippen molar-refractivity contribution in [3.05, 3.63) is 56.7 Å². The Hall–Kier alpha value is -1.08. The molecule has 106 valence electrons. The highest BCUT2D eigenvalue weighted by Gasteiger charge is 2.34. The zero-order valence-electron chi connectivity index (χ0n) is 9.64. The minimum absolute atomic E-state index is 0.0926. The lowest BCUT2D eigenvalue weighted by atomic mass is 10.2. The number of hydrogen-bond acceptors (Lipinski definition) is 1. The van der Waals surface area contributed by atoms with Crippen molar-refractivity contribution in [2.75, 3.05) is 0 Å². The zero-order chi connectivity index (χ0) is 14.9. The number of halogens is 6. The second kappa shape index (κ2) is 5.73. The fourth-order valence-electron chi connectivity index (χ4n) is 1.49. The molecule has 0 unspecified atom stereocenters. The molecule has 1 nitrogen and oxygen atoms in total.